The highest BCUT2D eigenvalue weighted by molar-refractivity contribution is 4.97. The normalized spacial score (nSPS) is 43.6. The number of aliphatic hydroxyl groups excluding tert-OH is 4. The molecule has 0 aromatic carbocycles. The lowest BCUT2D eigenvalue weighted by Crippen LogP contribution is -2.44. The van der Waals surface area contributed by atoms with E-state index >= 15 is 0 Å². The van der Waals surface area contributed by atoms with Crippen LogP contribution in [0, 0.1) is 40.9 Å². The van der Waals surface area contributed by atoms with Crippen molar-refractivity contribution in [3.63, 3.8) is 0 Å². The van der Waals surface area contributed by atoms with E-state index in [1.807, 2.05) is 0 Å². The standard InChI is InChI=1S/C30H54O4/c1-20(29(21-3-11-25(31)12-4-21)22-5-13-26(32)14-6-22)19-30(2,23-7-15-27(33)16-8-23)24-9-17-28(34)18-10-24/h20-29,31-34H,3-19H2,1-2H3. The molecule has 34 heavy (non-hydrogen) atoms. The third kappa shape index (κ3) is 6.39. The Balaban J connectivity index is 1.54. The fourth-order valence-corrected chi connectivity index (χ4v) is 9.25. The van der Waals surface area contributed by atoms with Crippen molar-refractivity contribution in [2.24, 2.45) is 40.9 Å². The van der Waals surface area contributed by atoms with Crippen LogP contribution in [-0.4, -0.2) is 44.8 Å². The van der Waals surface area contributed by atoms with Gasteiger partial charge in [0, 0.05) is 0 Å². The van der Waals surface area contributed by atoms with E-state index in [1.165, 1.54) is 6.42 Å². The van der Waals surface area contributed by atoms with Gasteiger partial charge in [-0.3, -0.25) is 0 Å². The molecule has 0 saturated heterocycles. The molecular formula is C30H54O4. The molecule has 198 valence electrons. The molecule has 0 amide bonds. The van der Waals surface area contributed by atoms with E-state index in [-0.39, 0.29) is 29.8 Å². The van der Waals surface area contributed by atoms with Crippen molar-refractivity contribution in [3.05, 3.63) is 0 Å². The average Bonchev–Trinajstić information content (AvgIpc) is 2.82. The van der Waals surface area contributed by atoms with Crippen molar-refractivity contribution in [3.8, 4) is 0 Å². The summed E-state index contributed by atoms with van der Waals surface area (Å²) in [7, 11) is 0. The molecule has 4 N–H and O–H groups in total. The molecular weight excluding hydrogens is 424 g/mol. The van der Waals surface area contributed by atoms with E-state index in [0.717, 1.165) is 103 Å². The van der Waals surface area contributed by atoms with Gasteiger partial charge < -0.3 is 20.4 Å². The molecule has 0 bridgehead atoms. The smallest absolute Gasteiger partial charge is 0.0540 e. The second-order valence-corrected chi connectivity index (χ2v) is 13.4. The minimum absolute atomic E-state index is 0.104. The van der Waals surface area contributed by atoms with Gasteiger partial charge in [0.05, 0.1) is 24.4 Å². The van der Waals surface area contributed by atoms with Gasteiger partial charge >= 0.3 is 0 Å². The highest BCUT2D eigenvalue weighted by atomic mass is 16.3. The second kappa shape index (κ2) is 11.9. The molecule has 0 spiro atoms. The maximum absolute atomic E-state index is 10.2. The van der Waals surface area contributed by atoms with Gasteiger partial charge in [-0.05, 0) is 150 Å². The van der Waals surface area contributed by atoms with Crippen molar-refractivity contribution in [2.75, 3.05) is 0 Å². The Morgan fingerprint density at radius 3 is 1.15 bits per heavy atom. The van der Waals surface area contributed by atoms with Crippen LogP contribution in [0.3, 0.4) is 0 Å². The van der Waals surface area contributed by atoms with E-state index in [0.29, 0.717) is 35.5 Å². The van der Waals surface area contributed by atoms with Crippen molar-refractivity contribution in [1.82, 2.24) is 0 Å². The molecule has 1 unspecified atom stereocenters. The lowest BCUT2D eigenvalue weighted by Gasteiger charge is -2.52. The van der Waals surface area contributed by atoms with Crippen LogP contribution in [0.4, 0.5) is 0 Å². The van der Waals surface area contributed by atoms with Crippen LogP contribution in [0.25, 0.3) is 0 Å². The molecule has 4 saturated carbocycles. The summed E-state index contributed by atoms with van der Waals surface area (Å²) in [6.45, 7) is 5.12. The van der Waals surface area contributed by atoms with Crippen molar-refractivity contribution in [2.45, 2.75) is 147 Å². The summed E-state index contributed by atoms with van der Waals surface area (Å²) >= 11 is 0. The summed E-state index contributed by atoms with van der Waals surface area (Å²) in [6.07, 6.45) is 17.7. The molecule has 0 aromatic heterocycles. The summed E-state index contributed by atoms with van der Waals surface area (Å²) in [6, 6.07) is 0. The number of rotatable bonds is 7. The molecule has 0 aliphatic heterocycles. The van der Waals surface area contributed by atoms with E-state index in [9.17, 15) is 20.4 Å². The Morgan fingerprint density at radius 1 is 0.529 bits per heavy atom. The monoisotopic (exact) mass is 478 g/mol. The molecule has 4 aliphatic rings. The van der Waals surface area contributed by atoms with Gasteiger partial charge in [0.15, 0.2) is 0 Å². The molecule has 0 aromatic rings. The summed E-state index contributed by atoms with van der Waals surface area (Å²) in [4.78, 5) is 0. The van der Waals surface area contributed by atoms with E-state index in [2.05, 4.69) is 13.8 Å². The van der Waals surface area contributed by atoms with Crippen LogP contribution >= 0.6 is 0 Å². The average molecular weight is 479 g/mol. The lowest BCUT2D eigenvalue weighted by atomic mass is 9.54. The summed E-state index contributed by atoms with van der Waals surface area (Å²) in [5.74, 6) is 4.13. The summed E-state index contributed by atoms with van der Waals surface area (Å²) in [5.41, 5.74) is 0.278. The largest absolute Gasteiger partial charge is 0.393 e. The number of hydrogen-bond acceptors (Lipinski definition) is 4. The second-order valence-electron chi connectivity index (χ2n) is 13.4. The van der Waals surface area contributed by atoms with E-state index < -0.39 is 0 Å². The van der Waals surface area contributed by atoms with Crippen LogP contribution in [-0.2, 0) is 0 Å². The fourth-order valence-electron chi connectivity index (χ4n) is 9.25. The first-order chi connectivity index (χ1) is 16.3. The first-order valence-corrected chi connectivity index (χ1v) is 15.0. The van der Waals surface area contributed by atoms with E-state index in [4.69, 9.17) is 0 Å². The predicted octanol–water partition coefficient (Wildman–Crippen LogP) is 5.84. The third-order valence-electron chi connectivity index (χ3n) is 11.2. The van der Waals surface area contributed by atoms with Gasteiger partial charge in [0.2, 0.25) is 0 Å². The van der Waals surface area contributed by atoms with Gasteiger partial charge in [-0.25, -0.2) is 0 Å². The van der Waals surface area contributed by atoms with Gasteiger partial charge in [0.25, 0.3) is 0 Å². The van der Waals surface area contributed by atoms with Crippen LogP contribution < -0.4 is 0 Å². The quantitative estimate of drug-likeness (QED) is 0.371. The van der Waals surface area contributed by atoms with Crippen molar-refractivity contribution in [1.29, 1.82) is 0 Å². The molecule has 4 aliphatic carbocycles. The molecule has 4 rings (SSSR count). The zero-order valence-electron chi connectivity index (χ0n) is 22.1. The van der Waals surface area contributed by atoms with Gasteiger partial charge in [-0.15, -0.1) is 0 Å². The molecule has 0 heterocycles. The Labute approximate surface area is 208 Å². The zero-order valence-corrected chi connectivity index (χ0v) is 22.1. The first kappa shape index (κ1) is 26.9. The Morgan fingerprint density at radius 2 is 0.824 bits per heavy atom. The van der Waals surface area contributed by atoms with Crippen molar-refractivity contribution >= 4 is 0 Å². The van der Waals surface area contributed by atoms with Crippen LogP contribution in [0.1, 0.15) is 123 Å². The molecule has 4 heteroatoms. The van der Waals surface area contributed by atoms with Crippen molar-refractivity contribution < 1.29 is 20.4 Å². The molecule has 1 atom stereocenters. The number of hydrogen-bond donors (Lipinski definition) is 4. The fraction of sp³-hybridized carbons (Fsp3) is 1.00. The van der Waals surface area contributed by atoms with Gasteiger partial charge in [-0.1, -0.05) is 13.8 Å². The minimum atomic E-state index is -0.110. The molecule has 4 nitrogen and oxygen atoms in total. The van der Waals surface area contributed by atoms with E-state index in [1.54, 1.807) is 0 Å². The maximum Gasteiger partial charge on any atom is 0.0540 e. The Bertz CT molecular complexity index is 547. The van der Waals surface area contributed by atoms with Gasteiger partial charge in [-0.2, -0.15) is 0 Å². The molecule has 4 fully saturated rings. The predicted molar refractivity (Wildman–Crippen MR) is 137 cm³/mol. The third-order valence-corrected chi connectivity index (χ3v) is 11.2. The first-order valence-electron chi connectivity index (χ1n) is 15.0. The number of aliphatic hydroxyl groups is 4. The maximum atomic E-state index is 10.2. The summed E-state index contributed by atoms with van der Waals surface area (Å²) < 4.78 is 0. The van der Waals surface area contributed by atoms with Crippen LogP contribution in [0.2, 0.25) is 0 Å². The highest BCUT2D eigenvalue weighted by Crippen LogP contribution is 2.55. The molecule has 0 radical (unpaired) electrons. The van der Waals surface area contributed by atoms with Crippen LogP contribution in [0.15, 0.2) is 0 Å². The Kier molecular flexibility index (Phi) is 9.43. The SMILES string of the molecule is CC(CC(C)(C1CCC(O)CC1)C1CCC(O)CC1)C(C1CCC(O)CC1)C1CCC(O)CC1. The van der Waals surface area contributed by atoms with Crippen LogP contribution in [0.5, 0.6) is 0 Å². The Hall–Kier alpha value is -0.160. The topological polar surface area (TPSA) is 80.9 Å². The lowest BCUT2D eigenvalue weighted by molar-refractivity contribution is -0.0431. The van der Waals surface area contributed by atoms with Gasteiger partial charge in [0.1, 0.15) is 0 Å². The highest BCUT2D eigenvalue weighted by Gasteiger charge is 2.47. The zero-order chi connectivity index (χ0) is 24.3. The minimum Gasteiger partial charge on any atom is -0.393 e. The summed E-state index contributed by atoms with van der Waals surface area (Å²) in [5, 5.41) is 40.8.